The largest absolute Gasteiger partial charge is 0.507 e. The van der Waals surface area contributed by atoms with Gasteiger partial charge in [-0.05, 0) is 71.7 Å². The van der Waals surface area contributed by atoms with E-state index in [-0.39, 0.29) is 24.8 Å². The van der Waals surface area contributed by atoms with Gasteiger partial charge < -0.3 is 20.1 Å². The molecule has 0 saturated carbocycles. The number of carboxylic acids is 1. The fourth-order valence-electron chi connectivity index (χ4n) is 5.49. The third-order valence-electron chi connectivity index (χ3n) is 7.62. The second-order valence-corrected chi connectivity index (χ2v) is 10.7. The van der Waals surface area contributed by atoms with Gasteiger partial charge in [-0.1, -0.05) is 48.0 Å². The van der Waals surface area contributed by atoms with Crippen molar-refractivity contribution < 1.29 is 24.9 Å². The van der Waals surface area contributed by atoms with Crippen molar-refractivity contribution in [1.29, 1.82) is 5.26 Å². The van der Waals surface area contributed by atoms with E-state index >= 15 is 0 Å². The number of aromatic hydroxyl groups is 1. The van der Waals surface area contributed by atoms with Crippen molar-refractivity contribution in [2.45, 2.75) is 44.4 Å². The monoisotopic (exact) mass is 583 g/mol. The minimum Gasteiger partial charge on any atom is -0.507 e. The molecule has 0 amide bonds. The zero-order chi connectivity index (χ0) is 29.6. The van der Waals surface area contributed by atoms with Gasteiger partial charge >= 0.3 is 5.97 Å². The molecule has 1 aromatic heterocycles. The highest BCUT2D eigenvalue weighted by Gasteiger charge is 2.27. The number of carboxylic acid groups (broad SMARTS) is 1. The van der Waals surface area contributed by atoms with Crippen molar-refractivity contribution in [3.8, 4) is 28.7 Å². The first-order valence-electron chi connectivity index (χ1n) is 13.6. The lowest BCUT2D eigenvalue weighted by Crippen LogP contribution is -2.39. The van der Waals surface area contributed by atoms with Crippen LogP contribution in [0.3, 0.4) is 0 Å². The average Bonchev–Trinajstić information content (AvgIpc) is 3.41. The van der Waals surface area contributed by atoms with Gasteiger partial charge in [0.05, 0.1) is 12.2 Å². The molecule has 3 aromatic carbocycles. The van der Waals surface area contributed by atoms with Crippen LogP contribution in [-0.2, 0) is 30.8 Å². The van der Waals surface area contributed by atoms with Crippen molar-refractivity contribution in [3.05, 3.63) is 111 Å². The Bertz CT molecular complexity index is 1650. The summed E-state index contributed by atoms with van der Waals surface area (Å²) in [5.74, 6) is -0.176. The van der Waals surface area contributed by atoms with Crippen LogP contribution in [0.25, 0.3) is 11.1 Å². The number of nitriles is 1. The molecule has 0 bridgehead atoms. The number of phenols is 1. The highest BCUT2D eigenvalue weighted by atomic mass is 35.5. The Morgan fingerprint density at radius 2 is 1.93 bits per heavy atom. The number of rotatable bonds is 11. The Kier molecular flexibility index (Phi) is 9.03. The molecule has 5 rings (SSSR count). The summed E-state index contributed by atoms with van der Waals surface area (Å²) in [6, 6.07) is 19.9. The zero-order valence-corrected chi connectivity index (χ0v) is 23.5. The van der Waals surface area contributed by atoms with Gasteiger partial charge in [-0.3, -0.25) is 15.1 Å². The number of hydrogen-bond acceptors (Lipinski definition) is 7. The van der Waals surface area contributed by atoms with E-state index in [1.807, 2.05) is 36.4 Å². The predicted octanol–water partition coefficient (Wildman–Crippen LogP) is 5.37. The van der Waals surface area contributed by atoms with E-state index in [1.165, 1.54) is 17.3 Å². The maximum atomic E-state index is 11.4. The zero-order valence-electron chi connectivity index (χ0n) is 22.8. The number of fused-ring (bicyclic) bond motifs is 1. The maximum Gasteiger partial charge on any atom is 0.323 e. The Hall–Kier alpha value is -4.42. The van der Waals surface area contributed by atoms with E-state index in [9.17, 15) is 25.4 Å². The van der Waals surface area contributed by atoms with Gasteiger partial charge in [0.1, 0.15) is 30.2 Å². The van der Waals surface area contributed by atoms with Gasteiger partial charge in [0.2, 0.25) is 0 Å². The normalized spacial score (nSPS) is 14.6. The van der Waals surface area contributed by atoms with Gasteiger partial charge in [0.25, 0.3) is 0 Å². The van der Waals surface area contributed by atoms with Crippen LogP contribution in [0.5, 0.6) is 11.5 Å². The van der Waals surface area contributed by atoms with Crippen molar-refractivity contribution in [2.75, 3.05) is 6.61 Å². The summed E-state index contributed by atoms with van der Waals surface area (Å²) in [6.45, 7) is -0.303. The molecule has 0 radical (unpaired) electrons. The van der Waals surface area contributed by atoms with Crippen LogP contribution in [0.2, 0.25) is 5.02 Å². The van der Waals surface area contributed by atoms with Crippen LogP contribution in [-0.4, -0.2) is 38.9 Å². The van der Waals surface area contributed by atoms with E-state index < -0.39 is 18.6 Å². The summed E-state index contributed by atoms with van der Waals surface area (Å²) >= 11 is 6.80. The summed E-state index contributed by atoms with van der Waals surface area (Å²) in [5, 5.41) is 41.8. The molecule has 42 heavy (non-hydrogen) atoms. The van der Waals surface area contributed by atoms with E-state index in [0.717, 1.165) is 29.5 Å². The molecule has 214 valence electrons. The number of benzene rings is 3. The molecule has 1 unspecified atom stereocenters. The molecule has 0 fully saturated rings. The van der Waals surface area contributed by atoms with Crippen LogP contribution in [0, 0.1) is 11.3 Å². The molecule has 4 aromatic rings. The molecular weight excluding hydrogens is 554 g/mol. The van der Waals surface area contributed by atoms with Crippen molar-refractivity contribution >= 4 is 17.6 Å². The molecule has 0 aliphatic heterocycles. The number of halogens is 1. The molecule has 1 heterocycles. The minimum absolute atomic E-state index is 0.111. The van der Waals surface area contributed by atoms with Crippen LogP contribution in [0.15, 0.2) is 73.1 Å². The molecule has 2 atom stereocenters. The molecule has 1 aliphatic carbocycles. The highest BCUT2D eigenvalue weighted by molar-refractivity contribution is 6.31. The highest BCUT2D eigenvalue weighted by Crippen LogP contribution is 2.43. The van der Waals surface area contributed by atoms with Gasteiger partial charge in [-0.15, -0.1) is 0 Å². The van der Waals surface area contributed by atoms with Crippen LogP contribution in [0.1, 0.15) is 45.7 Å². The lowest BCUT2D eigenvalue weighted by molar-refractivity contribution is -0.140. The fourth-order valence-corrected chi connectivity index (χ4v) is 5.75. The summed E-state index contributed by atoms with van der Waals surface area (Å²) in [5.41, 5.74) is 6.98. The number of carbonyl (C=O) groups is 1. The first-order chi connectivity index (χ1) is 20.4. The standard InChI is InChI=1S/C33H30ClN3O5/c34-29-12-24(17-37-30(18-38)33(40)41)32(42-19-21-10-20(14-35)15-36-16-21)13-23(29)11-22-8-9-27-25(22)5-3-6-26(27)28-4-1-2-7-31(28)39/h1-7,10,12-13,15-16,22,30,37-39H,8-9,11,17-19H2,(H,40,41)/t22-,30?/m1/s1. The number of nitrogens with zero attached hydrogens (tertiary/aromatic N) is 2. The van der Waals surface area contributed by atoms with Gasteiger partial charge in [-0.2, -0.15) is 5.26 Å². The van der Waals surface area contributed by atoms with E-state index in [0.29, 0.717) is 33.9 Å². The number of pyridine rings is 1. The molecule has 1 aliphatic rings. The number of hydrogen-bond donors (Lipinski definition) is 4. The Morgan fingerprint density at radius 3 is 2.69 bits per heavy atom. The van der Waals surface area contributed by atoms with E-state index in [4.69, 9.17) is 16.3 Å². The van der Waals surface area contributed by atoms with Crippen molar-refractivity contribution in [2.24, 2.45) is 0 Å². The van der Waals surface area contributed by atoms with Gasteiger partial charge in [0.15, 0.2) is 0 Å². The average molecular weight is 584 g/mol. The van der Waals surface area contributed by atoms with Crippen LogP contribution in [0.4, 0.5) is 0 Å². The number of ether oxygens (including phenoxy) is 1. The van der Waals surface area contributed by atoms with Gasteiger partial charge in [0, 0.05) is 40.7 Å². The number of nitrogens with one attached hydrogen (secondary N) is 1. The number of para-hydroxylation sites is 1. The lowest BCUT2D eigenvalue weighted by atomic mass is 9.90. The number of aliphatic hydroxyl groups excluding tert-OH is 1. The first kappa shape index (κ1) is 29.1. The molecule has 4 N–H and O–H groups in total. The van der Waals surface area contributed by atoms with Crippen LogP contribution < -0.4 is 10.1 Å². The van der Waals surface area contributed by atoms with Gasteiger partial charge in [-0.25, -0.2) is 0 Å². The van der Waals surface area contributed by atoms with E-state index in [2.05, 4.69) is 22.4 Å². The number of phenolic OH excluding ortho intramolecular Hbond substituents is 1. The quantitative estimate of drug-likeness (QED) is 0.185. The summed E-state index contributed by atoms with van der Waals surface area (Å²) in [4.78, 5) is 15.5. The predicted molar refractivity (Wildman–Crippen MR) is 158 cm³/mol. The first-order valence-corrected chi connectivity index (χ1v) is 14.0. The molecule has 8 nitrogen and oxygen atoms in total. The third kappa shape index (κ3) is 6.39. The van der Waals surface area contributed by atoms with Crippen molar-refractivity contribution in [3.63, 3.8) is 0 Å². The Morgan fingerprint density at radius 1 is 1.12 bits per heavy atom. The number of aliphatic hydroxyl groups is 1. The maximum absolute atomic E-state index is 11.4. The minimum atomic E-state index is -1.16. The second-order valence-electron chi connectivity index (χ2n) is 10.3. The third-order valence-corrected chi connectivity index (χ3v) is 7.97. The topological polar surface area (TPSA) is 136 Å². The SMILES string of the molecule is N#Cc1cncc(COc2cc(C[C@H]3CCc4c(-c5ccccc5O)cccc43)c(Cl)cc2CNC(CO)C(=O)O)c1. The second kappa shape index (κ2) is 13.0. The Labute approximate surface area is 248 Å². The molecule has 9 heteroatoms. The Balaban J connectivity index is 1.43. The fraction of sp³-hybridized carbons (Fsp3) is 0.242. The molecular formula is C33H30ClN3O5. The summed E-state index contributed by atoms with van der Waals surface area (Å²) in [6.07, 6.45) is 5.58. The molecule has 0 spiro atoms. The van der Waals surface area contributed by atoms with Crippen molar-refractivity contribution in [1.82, 2.24) is 10.3 Å². The lowest BCUT2D eigenvalue weighted by Gasteiger charge is -2.19. The number of aromatic nitrogens is 1. The summed E-state index contributed by atoms with van der Waals surface area (Å²) in [7, 11) is 0. The smallest absolute Gasteiger partial charge is 0.323 e. The summed E-state index contributed by atoms with van der Waals surface area (Å²) < 4.78 is 6.18. The molecule has 0 saturated heterocycles. The number of aliphatic carboxylic acids is 1. The van der Waals surface area contributed by atoms with E-state index in [1.54, 1.807) is 24.4 Å². The van der Waals surface area contributed by atoms with Crippen LogP contribution >= 0.6 is 11.6 Å².